The van der Waals surface area contributed by atoms with E-state index >= 15 is 0 Å². The zero-order valence-electron chi connectivity index (χ0n) is 10.4. The van der Waals surface area contributed by atoms with Crippen molar-refractivity contribution in [1.82, 2.24) is 10.2 Å². The Bertz CT molecular complexity index is 261. The first kappa shape index (κ1) is 14.1. The molecule has 1 aliphatic heterocycles. The second-order valence-corrected chi connectivity index (χ2v) is 5.45. The van der Waals surface area contributed by atoms with E-state index in [2.05, 4.69) is 5.32 Å². The highest BCUT2D eigenvalue weighted by atomic mass is 19.4. The maximum Gasteiger partial charge on any atom is 0.391 e. The van der Waals surface area contributed by atoms with E-state index in [-0.39, 0.29) is 12.8 Å². The summed E-state index contributed by atoms with van der Waals surface area (Å²) in [5.41, 5.74) is 0. The van der Waals surface area contributed by atoms with Gasteiger partial charge in [-0.15, -0.1) is 0 Å². The number of alkyl halides is 3. The lowest BCUT2D eigenvalue weighted by Crippen LogP contribution is -2.44. The van der Waals surface area contributed by atoms with Gasteiger partial charge in [0.25, 0.3) is 0 Å². The molecule has 1 saturated carbocycles. The van der Waals surface area contributed by atoms with Crippen LogP contribution >= 0.6 is 0 Å². The van der Waals surface area contributed by atoms with Crippen LogP contribution in [0.1, 0.15) is 25.7 Å². The first-order valence-corrected chi connectivity index (χ1v) is 6.65. The Morgan fingerprint density at radius 3 is 2.28 bits per heavy atom. The van der Waals surface area contributed by atoms with Gasteiger partial charge in [-0.3, -0.25) is 0 Å². The van der Waals surface area contributed by atoms with Gasteiger partial charge in [-0.05, 0) is 38.8 Å². The fourth-order valence-electron chi connectivity index (χ4n) is 2.40. The monoisotopic (exact) mass is 266 g/mol. The molecular weight excluding hydrogens is 245 g/mol. The van der Waals surface area contributed by atoms with Crippen LogP contribution in [0.5, 0.6) is 0 Å². The minimum Gasteiger partial charge on any atom is -0.390 e. The Kier molecular flexibility index (Phi) is 4.50. The predicted octanol–water partition coefficient (Wildman–Crippen LogP) is 1.37. The molecule has 0 spiro atoms. The number of aliphatic hydroxyl groups excluding tert-OH is 1. The first-order valence-electron chi connectivity index (χ1n) is 6.65. The van der Waals surface area contributed by atoms with Crippen LogP contribution in [0.4, 0.5) is 13.2 Å². The highest BCUT2D eigenvalue weighted by Crippen LogP contribution is 2.34. The zero-order chi connectivity index (χ0) is 13.2. The molecule has 0 bridgehead atoms. The van der Waals surface area contributed by atoms with Crippen molar-refractivity contribution in [2.24, 2.45) is 5.92 Å². The second kappa shape index (κ2) is 5.75. The van der Waals surface area contributed by atoms with Crippen molar-refractivity contribution in [3.8, 4) is 0 Å². The van der Waals surface area contributed by atoms with Gasteiger partial charge in [-0.1, -0.05) is 0 Å². The quantitative estimate of drug-likeness (QED) is 0.789. The second-order valence-electron chi connectivity index (χ2n) is 5.45. The fourth-order valence-corrected chi connectivity index (χ4v) is 2.40. The summed E-state index contributed by atoms with van der Waals surface area (Å²) in [5, 5.41) is 13.0. The SMILES string of the molecule is OC(CNC1CC1)CN1CCC(C(F)(F)F)CC1. The highest BCUT2D eigenvalue weighted by molar-refractivity contribution is 4.83. The molecule has 0 amide bonds. The van der Waals surface area contributed by atoms with Crippen molar-refractivity contribution < 1.29 is 18.3 Å². The van der Waals surface area contributed by atoms with Crippen LogP contribution in [0, 0.1) is 5.92 Å². The van der Waals surface area contributed by atoms with Crippen LogP contribution < -0.4 is 5.32 Å². The van der Waals surface area contributed by atoms with Crippen molar-refractivity contribution in [2.75, 3.05) is 26.2 Å². The highest BCUT2D eigenvalue weighted by Gasteiger charge is 2.41. The molecule has 2 fully saturated rings. The number of hydrogen-bond donors (Lipinski definition) is 2. The molecule has 1 heterocycles. The number of β-amino-alcohol motifs (C(OH)–C–C–N with tert-alkyl or cyclic N) is 1. The van der Waals surface area contributed by atoms with Gasteiger partial charge in [-0.2, -0.15) is 13.2 Å². The number of rotatable bonds is 5. The molecule has 0 aromatic heterocycles. The van der Waals surface area contributed by atoms with Crippen molar-refractivity contribution in [3.05, 3.63) is 0 Å². The first-order chi connectivity index (χ1) is 8.45. The van der Waals surface area contributed by atoms with Gasteiger partial charge in [0.1, 0.15) is 0 Å². The predicted molar refractivity (Wildman–Crippen MR) is 62.3 cm³/mol. The van der Waals surface area contributed by atoms with E-state index in [1.807, 2.05) is 4.90 Å². The Morgan fingerprint density at radius 2 is 1.78 bits per heavy atom. The standard InChI is InChI=1S/C12H21F3N2O/c13-12(14,15)9-3-5-17(6-4-9)8-11(18)7-16-10-1-2-10/h9-11,16,18H,1-8H2. The third-order valence-corrected chi connectivity index (χ3v) is 3.74. The van der Waals surface area contributed by atoms with Gasteiger partial charge in [0.15, 0.2) is 0 Å². The molecule has 1 unspecified atom stereocenters. The normalized spacial score (nSPS) is 25.3. The molecule has 1 atom stereocenters. The Balaban J connectivity index is 1.63. The lowest BCUT2D eigenvalue weighted by molar-refractivity contribution is -0.185. The van der Waals surface area contributed by atoms with E-state index in [9.17, 15) is 18.3 Å². The van der Waals surface area contributed by atoms with Crippen LogP contribution in [0.2, 0.25) is 0 Å². The summed E-state index contributed by atoms with van der Waals surface area (Å²) in [6.45, 7) is 1.89. The van der Waals surface area contributed by atoms with Crippen LogP contribution in [0.3, 0.4) is 0 Å². The Labute approximate surface area is 105 Å². The molecule has 6 heteroatoms. The minimum absolute atomic E-state index is 0.159. The van der Waals surface area contributed by atoms with Gasteiger partial charge < -0.3 is 15.3 Å². The zero-order valence-corrected chi connectivity index (χ0v) is 10.4. The molecule has 1 aliphatic carbocycles. The summed E-state index contributed by atoms with van der Waals surface area (Å²) >= 11 is 0. The van der Waals surface area contributed by atoms with E-state index in [0.29, 0.717) is 32.2 Å². The van der Waals surface area contributed by atoms with Crippen LogP contribution in [-0.4, -0.2) is 54.5 Å². The average molecular weight is 266 g/mol. The number of nitrogens with one attached hydrogen (secondary N) is 1. The Hall–Kier alpha value is -0.330. The molecule has 0 radical (unpaired) electrons. The van der Waals surface area contributed by atoms with Gasteiger partial charge in [0, 0.05) is 19.1 Å². The summed E-state index contributed by atoms with van der Waals surface area (Å²) < 4.78 is 37.4. The van der Waals surface area contributed by atoms with Crippen molar-refractivity contribution in [2.45, 2.75) is 44.0 Å². The van der Waals surface area contributed by atoms with Crippen molar-refractivity contribution in [1.29, 1.82) is 0 Å². The maximum atomic E-state index is 12.5. The van der Waals surface area contributed by atoms with E-state index < -0.39 is 18.2 Å². The Morgan fingerprint density at radius 1 is 1.17 bits per heavy atom. The number of halogens is 3. The molecule has 2 aliphatic rings. The average Bonchev–Trinajstić information content (AvgIpc) is 3.09. The summed E-state index contributed by atoms with van der Waals surface area (Å²) in [6.07, 6.45) is -1.88. The van der Waals surface area contributed by atoms with Gasteiger partial charge in [0.2, 0.25) is 0 Å². The molecular formula is C12H21F3N2O. The van der Waals surface area contributed by atoms with Crippen LogP contribution in [-0.2, 0) is 0 Å². The summed E-state index contributed by atoms with van der Waals surface area (Å²) in [6, 6.07) is 0.551. The van der Waals surface area contributed by atoms with E-state index in [1.165, 1.54) is 12.8 Å². The van der Waals surface area contributed by atoms with Crippen LogP contribution in [0.15, 0.2) is 0 Å². The molecule has 3 nitrogen and oxygen atoms in total. The number of piperidine rings is 1. The lowest BCUT2D eigenvalue weighted by Gasteiger charge is -2.33. The van der Waals surface area contributed by atoms with Crippen LogP contribution in [0.25, 0.3) is 0 Å². The largest absolute Gasteiger partial charge is 0.391 e. The molecule has 18 heavy (non-hydrogen) atoms. The molecule has 2 N–H and O–H groups in total. The molecule has 2 rings (SSSR count). The number of nitrogens with zero attached hydrogens (tertiary/aromatic N) is 1. The lowest BCUT2D eigenvalue weighted by atomic mass is 9.96. The number of hydrogen-bond acceptors (Lipinski definition) is 3. The third kappa shape index (κ3) is 4.40. The van der Waals surface area contributed by atoms with Gasteiger partial charge in [0.05, 0.1) is 12.0 Å². The van der Waals surface area contributed by atoms with Gasteiger partial charge in [-0.25, -0.2) is 0 Å². The fraction of sp³-hybridized carbons (Fsp3) is 1.00. The number of likely N-dealkylation sites (tertiary alicyclic amines) is 1. The van der Waals surface area contributed by atoms with Crippen molar-refractivity contribution >= 4 is 0 Å². The summed E-state index contributed by atoms with van der Waals surface area (Å²) in [7, 11) is 0. The molecule has 106 valence electrons. The number of aliphatic hydroxyl groups is 1. The van der Waals surface area contributed by atoms with Crippen molar-refractivity contribution in [3.63, 3.8) is 0 Å². The molecule has 0 aromatic carbocycles. The molecule has 0 aromatic rings. The topological polar surface area (TPSA) is 35.5 Å². The molecule has 1 saturated heterocycles. The van der Waals surface area contributed by atoms with E-state index in [4.69, 9.17) is 0 Å². The van der Waals surface area contributed by atoms with E-state index in [1.54, 1.807) is 0 Å². The summed E-state index contributed by atoms with van der Waals surface area (Å²) in [4.78, 5) is 1.93. The van der Waals surface area contributed by atoms with Gasteiger partial charge >= 0.3 is 6.18 Å². The minimum atomic E-state index is -4.06. The maximum absolute atomic E-state index is 12.5. The summed E-state index contributed by atoms with van der Waals surface area (Å²) in [5.74, 6) is -1.16. The third-order valence-electron chi connectivity index (χ3n) is 3.74. The van der Waals surface area contributed by atoms with E-state index in [0.717, 1.165) is 0 Å². The smallest absolute Gasteiger partial charge is 0.390 e.